The predicted octanol–water partition coefficient (Wildman–Crippen LogP) is 4.47. The fourth-order valence-corrected chi connectivity index (χ4v) is 2.91. The first-order valence-corrected chi connectivity index (χ1v) is 10.1. The van der Waals surface area contributed by atoms with E-state index in [9.17, 15) is 9.59 Å². The molecule has 158 valence electrons. The van der Waals surface area contributed by atoms with Gasteiger partial charge in [0.25, 0.3) is 0 Å². The minimum atomic E-state index is -0.849. The lowest BCUT2D eigenvalue weighted by Crippen LogP contribution is -2.37. The van der Waals surface area contributed by atoms with E-state index in [0.29, 0.717) is 10.6 Å². The topological polar surface area (TPSA) is 82.6 Å². The van der Waals surface area contributed by atoms with Gasteiger partial charge in [0.05, 0.1) is 6.21 Å². The summed E-state index contributed by atoms with van der Waals surface area (Å²) in [6.45, 7) is 4.26. The molecule has 0 bridgehead atoms. The van der Waals surface area contributed by atoms with E-state index in [2.05, 4.69) is 21.2 Å². The summed E-state index contributed by atoms with van der Waals surface area (Å²) in [5.41, 5.74) is 7.75. The summed E-state index contributed by atoms with van der Waals surface area (Å²) in [6.07, 6.45) is 1.44. The van der Waals surface area contributed by atoms with Gasteiger partial charge >= 0.3 is 11.8 Å². The largest absolute Gasteiger partial charge is 0.355 e. The van der Waals surface area contributed by atoms with Crippen LogP contribution in [0.2, 0.25) is 5.02 Å². The van der Waals surface area contributed by atoms with Gasteiger partial charge in [0.15, 0.2) is 0 Å². The van der Waals surface area contributed by atoms with Crippen molar-refractivity contribution in [1.82, 2.24) is 10.7 Å². The van der Waals surface area contributed by atoms with Gasteiger partial charge in [0.2, 0.25) is 0 Å². The summed E-state index contributed by atoms with van der Waals surface area (Å²) < 4.78 is 0. The maximum atomic E-state index is 12.0. The fraction of sp³-hybridized carbons (Fsp3) is 0.125. The molecule has 0 saturated heterocycles. The molecule has 3 N–H and O–H groups in total. The van der Waals surface area contributed by atoms with Crippen molar-refractivity contribution in [3.05, 3.63) is 94.0 Å². The first kappa shape index (κ1) is 22.1. The van der Waals surface area contributed by atoms with E-state index in [1.165, 1.54) is 6.21 Å². The second kappa shape index (κ2) is 10.4. The van der Waals surface area contributed by atoms with Gasteiger partial charge in [0.1, 0.15) is 0 Å². The number of rotatable bonds is 6. The number of carbonyl (C=O) groups is 2. The van der Waals surface area contributed by atoms with Crippen molar-refractivity contribution in [3.63, 3.8) is 0 Å². The smallest absolute Gasteiger partial charge is 0.329 e. The number of nitrogens with zero attached hydrogens (tertiary/aromatic N) is 1. The second-order valence-corrected chi connectivity index (χ2v) is 7.53. The van der Waals surface area contributed by atoms with Crippen LogP contribution in [0.5, 0.6) is 0 Å². The van der Waals surface area contributed by atoms with Gasteiger partial charge in [-0.25, -0.2) is 5.43 Å². The van der Waals surface area contributed by atoms with Crippen LogP contribution in [0.4, 0.5) is 11.4 Å². The Morgan fingerprint density at radius 1 is 0.903 bits per heavy atom. The molecule has 3 aromatic rings. The highest BCUT2D eigenvalue weighted by Crippen LogP contribution is 2.23. The third-order valence-corrected chi connectivity index (χ3v) is 4.73. The Bertz CT molecular complexity index is 1090. The van der Waals surface area contributed by atoms with Crippen LogP contribution < -0.4 is 16.1 Å². The molecule has 0 spiro atoms. The van der Waals surface area contributed by atoms with Gasteiger partial charge in [0, 0.05) is 28.5 Å². The molecule has 0 radical (unpaired) electrons. The Balaban J connectivity index is 1.59. The van der Waals surface area contributed by atoms with Crippen molar-refractivity contribution in [2.75, 3.05) is 5.32 Å². The molecule has 0 aromatic heterocycles. The molecule has 3 rings (SSSR count). The lowest BCUT2D eigenvalue weighted by atomic mass is 10.1. The van der Waals surface area contributed by atoms with Crippen molar-refractivity contribution >= 4 is 41.0 Å². The molecular weight excluding hydrogens is 412 g/mol. The van der Waals surface area contributed by atoms with Gasteiger partial charge in [-0.15, -0.1) is 0 Å². The Morgan fingerprint density at radius 2 is 1.55 bits per heavy atom. The van der Waals surface area contributed by atoms with Gasteiger partial charge in [-0.3, -0.25) is 9.59 Å². The van der Waals surface area contributed by atoms with Crippen LogP contribution in [0, 0.1) is 13.8 Å². The molecule has 0 unspecified atom stereocenters. The van der Waals surface area contributed by atoms with Crippen LogP contribution in [0.3, 0.4) is 0 Å². The average molecular weight is 435 g/mol. The Kier molecular flexibility index (Phi) is 7.40. The molecule has 7 heteroatoms. The Morgan fingerprint density at radius 3 is 2.23 bits per heavy atom. The molecule has 31 heavy (non-hydrogen) atoms. The van der Waals surface area contributed by atoms with E-state index in [-0.39, 0.29) is 6.54 Å². The van der Waals surface area contributed by atoms with Crippen molar-refractivity contribution in [1.29, 1.82) is 0 Å². The number of aryl methyl sites for hydroxylation is 2. The molecule has 3 aromatic carbocycles. The van der Waals surface area contributed by atoms with Gasteiger partial charge < -0.3 is 10.6 Å². The van der Waals surface area contributed by atoms with Crippen LogP contribution in [-0.2, 0) is 16.1 Å². The van der Waals surface area contributed by atoms with Crippen LogP contribution in [0.15, 0.2) is 71.8 Å². The summed E-state index contributed by atoms with van der Waals surface area (Å²) in [6, 6.07) is 20.9. The number of nitrogens with one attached hydrogen (secondary N) is 3. The normalized spacial score (nSPS) is 10.7. The summed E-state index contributed by atoms with van der Waals surface area (Å²) in [5.74, 6) is -1.61. The quantitative estimate of drug-likeness (QED) is 0.304. The van der Waals surface area contributed by atoms with E-state index in [0.717, 1.165) is 28.1 Å². The molecule has 0 aliphatic heterocycles. The average Bonchev–Trinajstić information content (AvgIpc) is 2.76. The van der Waals surface area contributed by atoms with Gasteiger partial charge in [-0.05, 0) is 49.7 Å². The van der Waals surface area contributed by atoms with E-state index in [1.807, 2.05) is 68.4 Å². The number of anilines is 2. The lowest BCUT2D eigenvalue weighted by Gasteiger charge is -2.10. The number of halogens is 1. The number of hydrazone groups is 1. The number of carbonyl (C=O) groups excluding carboxylic acids is 2. The predicted molar refractivity (Wildman–Crippen MR) is 125 cm³/mol. The van der Waals surface area contributed by atoms with E-state index >= 15 is 0 Å². The maximum Gasteiger partial charge on any atom is 0.329 e. The zero-order valence-corrected chi connectivity index (χ0v) is 18.0. The fourth-order valence-electron chi connectivity index (χ4n) is 2.73. The van der Waals surface area contributed by atoms with Crippen molar-refractivity contribution in [3.8, 4) is 0 Å². The molecule has 0 aliphatic carbocycles. The molecule has 0 atom stereocenters. The number of hydrogen-bond donors (Lipinski definition) is 3. The first-order valence-electron chi connectivity index (χ1n) is 9.71. The molecule has 2 amide bonds. The third kappa shape index (κ3) is 6.69. The minimum Gasteiger partial charge on any atom is -0.355 e. The van der Waals surface area contributed by atoms with Crippen LogP contribution >= 0.6 is 11.6 Å². The monoisotopic (exact) mass is 434 g/mol. The molecule has 0 fully saturated rings. The molecule has 0 heterocycles. The Hall–Kier alpha value is -3.64. The van der Waals surface area contributed by atoms with Crippen LogP contribution in [0.25, 0.3) is 0 Å². The summed E-state index contributed by atoms with van der Waals surface area (Å²) in [5, 5.41) is 10.3. The highest BCUT2D eigenvalue weighted by Gasteiger charge is 2.12. The van der Waals surface area contributed by atoms with Crippen molar-refractivity contribution < 1.29 is 9.59 Å². The number of benzene rings is 3. The summed E-state index contributed by atoms with van der Waals surface area (Å²) in [4.78, 5) is 24.0. The first-order chi connectivity index (χ1) is 14.9. The zero-order valence-electron chi connectivity index (χ0n) is 17.3. The van der Waals surface area contributed by atoms with Gasteiger partial charge in [-0.1, -0.05) is 59.1 Å². The zero-order chi connectivity index (χ0) is 22.2. The Labute approximate surface area is 186 Å². The van der Waals surface area contributed by atoms with Crippen LogP contribution in [0.1, 0.15) is 22.3 Å². The standard InChI is InChI=1S/C24H23ClN4O2/c1-16-3-7-18(8-4-16)14-26-23(30)24(31)29-27-15-19-13-20(25)9-12-22(19)28-21-10-5-17(2)6-11-21/h3-13,15,28H,14H2,1-2H3,(H,26,30)(H,29,31)/b27-15-. The maximum absolute atomic E-state index is 12.0. The number of amides is 2. The highest BCUT2D eigenvalue weighted by atomic mass is 35.5. The summed E-state index contributed by atoms with van der Waals surface area (Å²) >= 11 is 6.10. The second-order valence-electron chi connectivity index (χ2n) is 7.09. The van der Waals surface area contributed by atoms with Crippen molar-refractivity contribution in [2.24, 2.45) is 5.10 Å². The van der Waals surface area contributed by atoms with E-state index in [1.54, 1.807) is 12.1 Å². The van der Waals surface area contributed by atoms with E-state index in [4.69, 9.17) is 11.6 Å². The SMILES string of the molecule is Cc1ccc(CNC(=O)C(=O)N/N=C\c2cc(Cl)ccc2Nc2ccc(C)cc2)cc1. The summed E-state index contributed by atoms with van der Waals surface area (Å²) in [7, 11) is 0. The molecule has 0 saturated carbocycles. The van der Waals surface area contributed by atoms with Gasteiger partial charge in [-0.2, -0.15) is 5.10 Å². The molecule has 0 aliphatic rings. The number of hydrogen-bond acceptors (Lipinski definition) is 4. The molecular formula is C24H23ClN4O2. The van der Waals surface area contributed by atoms with Crippen LogP contribution in [-0.4, -0.2) is 18.0 Å². The van der Waals surface area contributed by atoms with E-state index < -0.39 is 11.8 Å². The third-order valence-electron chi connectivity index (χ3n) is 4.49. The minimum absolute atomic E-state index is 0.259. The highest BCUT2D eigenvalue weighted by molar-refractivity contribution is 6.35. The molecule has 6 nitrogen and oxygen atoms in total. The van der Waals surface area contributed by atoms with Crippen molar-refractivity contribution in [2.45, 2.75) is 20.4 Å². The lowest BCUT2D eigenvalue weighted by molar-refractivity contribution is -0.139.